The van der Waals surface area contributed by atoms with Gasteiger partial charge in [-0.2, -0.15) is 5.01 Å². The van der Waals surface area contributed by atoms with Gasteiger partial charge in [-0.3, -0.25) is 15.0 Å². The second-order valence-corrected chi connectivity index (χ2v) is 6.52. The van der Waals surface area contributed by atoms with Crippen LogP contribution in [0.15, 0.2) is 47.8 Å². The molecule has 0 bridgehead atoms. The lowest BCUT2D eigenvalue weighted by atomic mass is 9.87. The minimum absolute atomic E-state index is 0.124. The van der Waals surface area contributed by atoms with Crippen molar-refractivity contribution in [3.8, 4) is 0 Å². The molecule has 4 amide bonds. The van der Waals surface area contributed by atoms with E-state index in [-0.39, 0.29) is 6.42 Å². The third kappa shape index (κ3) is 2.78. The van der Waals surface area contributed by atoms with Crippen LogP contribution in [0.2, 0.25) is 0 Å². The molecule has 0 radical (unpaired) electrons. The summed E-state index contributed by atoms with van der Waals surface area (Å²) in [6.45, 7) is 1.82. The molecule has 1 aromatic carbocycles. The highest BCUT2D eigenvalue weighted by molar-refractivity contribution is 7.10. The van der Waals surface area contributed by atoms with Gasteiger partial charge in [-0.25, -0.2) is 4.79 Å². The lowest BCUT2D eigenvalue weighted by Gasteiger charge is -2.25. The fourth-order valence-corrected chi connectivity index (χ4v) is 3.48. The molecule has 0 spiro atoms. The smallest absolute Gasteiger partial charge is 0.318 e. The van der Waals surface area contributed by atoms with Gasteiger partial charge in [0.05, 0.1) is 6.42 Å². The molecular formula is C17H17N3O3S. The van der Waals surface area contributed by atoms with Crippen LogP contribution in [0.25, 0.3) is 0 Å². The summed E-state index contributed by atoms with van der Waals surface area (Å²) in [5, 5.41) is 5.38. The van der Waals surface area contributed by atoms with Crippen molar-refractivity contribution in [3.63, 3.8) is 0 Å². The fourth-order valence-electron chi connectivity index (χ4n) is 2.77. The van der Waals surface area contributed by atoms with Gasteiger partial charge in [-0.1, -0.05) is 43.3 Å². The van der Waals surface area contributed by atoms with Gasteiger partial charge in [-0.15, -0.1) is 11.3 Å². The number of benzene rings is 1. The van der Waals surface area contributed by atoms with Crippen molar-refractivity contribution in [1.82, 2.24) is 15.8 Å². The van der Waals surface area contributed by atoms with E-state index in [0.717, 1.165) is 9.89 Å². The van der Waals surface area contributed by atoms with Crippen LogP contribution < -0.4 is 10.7 Å². The average Bonchev–Trinajstić information content (AvgIpc) is 3.18. The van der Waals surface area contributed by atoms with Gasteiger partial charge in [0, 0.05) is 4.88 Å². The molecule has 1 fully saturated rings. The summed E-state index contributed by atoms with van der Waals surface area (Å²) in [6, 6.07) is 12.1. The van der Waals surface area contributed by atoms with Crippen molar-refractivity contribution in [2.24, 2.45) is 0 Å². The highest BCUT2D eigenvalue weighted by Gasteiger charge is 2.52. The zero-order valence-corrected chi connectivity index (χ0v) is 13.9. The lowest BCUT2D eigenvalue weighted by Crippen LogP contribution is -2.48. The van der Waals surface area contributed by atoms with Crippen molar-refractivity contribution in [3.05, 3.63) is 58.3 Å². The van der Waals surface area contributed by atoms with E-state index >= 15 is 0 Å². The molecule has 0 saturated carbocycles. The SMILES string of the molecule is CC[C@]1(c2ccccc2)NC(=O)N(NC(=O)Cc2cccs2)C1=O. The third-order valence-electron chi connectivity index (χ3n) is 4.04. The number of hydrogen-bond donors (Lipinski definition) is 2. The van der Waals surface area contributed by atoms with Crippen LogP contribution in [-0.4, -0.2) is 22.9 Å². The average molecular weight is 343 g/mol. The molecule has 2 N–H and O–H groups in total. The zero-order chi connectivity index (χ0) is 17.2. The molecule has 2 aromatic rings. The van der Waals surface area contributed by atoms with E-state index in [2.05, 4.69) is 10.7 Å². The van der Waals surface area contributed by atoms with E-state index in [1.54, 1.807) is 12.1 Å². The van der Waals surface area contributed by atoms with Gasteiger partial charge >= 0.3 is 6.03 Å². The van der Waals surface area contributed by atoms with E-state index in [9.17, 15) is 14.4 Å². The number of hydrazine groups is 1. The summed E-state index contributed by atoms with van der Waals surface area (Å²) in [5.74, 6) is -0.873. The van der Waals surface area contributed by atoms with Crippen LogP contribution in [0.1, 0.15) is 23.8 Å². The van der Waals surface area contributed by atoms with E-state index in [0.29, 0.717) is 12.0 Å². The molecule has 1 aliphatic heterocycles. The maximum absolute atomic E-state index is 12.8. The zero-order valence-electron chi connectivity index (χ0n) is 13.1. The van der Waals surface area contributed by atoms with E-state index < -0.39 is 23.4 Å². The second-order valence-electron chi connectivity index (χ2n) is 5.49. The van der Waals surface area contributed by atoms with E-state index in [1.165, 1.54) is 11.3 Å². The molecule has 1 aromatic heterocycles. The molecule has 7 heteroatoms. The van der Waals surface area contributed by atoms with Crippen LogP contribution in [0.5, 0.6) is 0 Å². The van der Waals surface area contributed by atoms with Gasteiger partial charge in [0.15, 0.2) is 0 Å². The molecule has 1 aliphatic rings. The summed E-state index contributed by atoms with van der Waals surface area (Å²) >= 11 is 1.45. The van der Waals surface area contributed by atoms with E-state index in [1.807, 2.05) is 42.6 Å². The molecule has 1 atom stereocenters. The van der Waals surface area contributed by atoms with Gasteiger partial charge in [-0.05, 0) is 23.4 Å². The lowest BCUT2D eigenvalue weighted by molar-refractivity contribution is -0.139. The Bertz CT molecular complexity index is 761. The Morgan fingerprint density at radius 1 is 1.21 bits per heavy atom. The van der Waals surface area contributed by atoms with Crippen LogP contribution in [0.4, 0.5) is 4.79 Å². The number of carbonyl (C=O) groups excluding carboxylic acids is 3. The monoisotopic (exact) mass is 343 g/mol. The molecule has 124 valence electrons. The normalized spacial score (nSPS) is 20.1. The number of nitrogens with zero attached hydrogens (tertiary/aromatic N) is 1. The number of rotatable bonds is 5. The highest BCUT2D eigenvalue weighted by atomic mass is 32.1. The van der Waals surface area contributed by atoms with Crippen molar-refractivity contribution < 1.29 is 14.4 Å². The Kier molecular flexibility index (Phi) is 4.35. The number of carbonyl (C=O) groups is 3. The van der Waals surface area contributed by atoms with Gasteiger partial charge in [0.1, 0.15) is 5.54 Å². The van der Waals surface area contributed by atoms with Crippen molar-refractivity contribution in [2.75, 3.05) is 0 Å². The van der Waals surface area contributed by atoms with Crippen molar-refractivity contribution in [2.45, 2.75) is 25.3 Å². The fraction of sp³-hybridized carbons (Fsp3) is 0.235. The van der Waals surface area contributed by atoms with Gasteiger partial charge < -0.3 is 5.32 Å². The quantitative estimate of drug-likeness (QED) is 0.817. The minimum Gasteiger partial charge on any atom is -0.318 e. The maximum atomic E-state index is 12.8. The van der Waals surface area contributed by atoms with Crippen LogP contribution in [-0.2, 0) is 21.5 Å². The molecule has 0 aliphatic carbocycles. The molecule has 3 rings (SSSR count). The molecule has 0 unspecified atom stereocenters. The highest BCUT2D eigenvalue weighted by Crippen LogP contribution is 2.31. The first-order chi connectivity index (χ1) is 11.6. The summed E-state index contributed by atoms with van der Waals surface area (Å²) in [6.07, 6.45) is 0.512. The van der Waals surface area contributed by atoms with Crippen molar-refractivity contribution in [1.29, 1.82) is 0 Å². The van der Waals surface area contributed by atoms with E-state index in [4.69, 9.17) is 0 Å². The molecule has 24 heavy (non-hydrogen) atoms. The standard InChI is InChI=1S/C17H17N3O3S/c1-2-17(12-7-4-3-5-8-12)15(22)20(16(23)18-17)19-14(21)11-13-9-6-10-24-13/h3-10H,2,11H2,1H3,(H,18,23)(H,19,21)/t17-/m1/s1. The largest absolute Gasteiger partial charge is 0.344 e. The van der Waals surface area contributed by atoms with Gasteiger partial charge in [0.25, 0.3) is 5.91 Å². The predicted molar refractivity (Wildman–Crippen MR) is 90.0 cm³/mol. The predicted octanol–water partition coefficient (Wildman–Crippen LogP) is 2.18. The first-order valence-electron chi connectivity index (χ1n) is 7.61. The van der Waals surface area contributed by atoms with Crippen LogP contribution in [0, 0.1) is 0 Å². The Morgan fingerprint density at radius 3 is 2.58 bits per heavy atom. The topological polar surface area (TPSA) is 78.5 Å². The molecule has 1 saturated heterocycles. The molecular weight excluding hydrogens is 326 g/mol. The number of imide groups is 1. The number of nitrogens with one attached hydrogen (secondary N) is 2. The minimum atomic E-state index is -1.14. The number of thiophene rings is 1. The van der Waals surface area contributed by atoms with Crippen molar-refractivity contribution >= 4 is 29.2 Å². The Hall–Kier alpha value is -2.67. The summed E-state index contributed by atoms with van der Waals surface area (Å²) in [5.41, 5.74) is 1.97. The Balaban J connectivity index is 1.79. The third-order valence-corrected chi connectivity index (χ3v) is 4.92. The summed E-state index contributed by atoms with van der Waals surface area (Å²) in [7, 11) is 0. The number of amides is 4. The molecule has 2 heterocycles. The first kappa shape index (κ1) is 16.2. The maximum Gasteiger partial charge on any atom is 0.344 e. The van der Waals surface area contributed by atoms with Crippen LogP contribution in [0.3, 0.4) is 0 Å². The Labute approximate surface area is 143 Å². The number of urea groups is 1. The first-order valence-corrected chi connectivity index (χ1v) is 8.49. The Morgan fingerprint density at radius 2 is 1.96 bits per heavy atom. The summed E-state index contributed by atoms with van der Waals surface area (Å²) in [4.78, 5) is 38.1. The molecule has 6 nitrogen and oxygen atoms in total. The second kappa shape index (κ2) is 6.45. The number of hydrogen-bond acceptors (Lipinski definition) is 4. The van der Waals surface area contributed by atoms with Gasteiger partial charge in [0.2, 0.25) is 5.91 Å². The van der Waals surface area contributed by atoms with Crippen LogP contribution >= 0.6 is 11.3 Å². The summed E-state index contributed by atoms with van der Waals surface area (Å²) < 4.78 is 0.